The van der Waals surface area contributed by atoms with Crippen LogP contribution in [0.5, 0.6) is 0 Å². The zero-order valence-corrected chi connectivity index (χ0v) is 18.6. The largest absolute Gasteiger partial charge is 0.324 e. The first-order chi connectivity index (χ1) is 13.0. The fraction of sp³-hybridized carbons (Fsp3) is 0.350. The molecule has 0 aliphatic rings. The standard InChI is InChI=1S/C20H24Cl2N2O3S/c1-5-19(20(25)23-17-8-6-14(7-9-17)13(2)3)24(28(4,26)27)18-11-15(21)10-16(22)12-18/h6-13,19H,5H2,1-4H3,(H,23,25). The van der Waals surface area contributed by atoms with Gasteiger partial charge in [0.1, 0.15) is 6.04 Å². The molecule has 0 aliphatic heterocycles. The van der Waals surface area contributed by atoms with Gasteiger partial charge in [-0.25, -0.2) is 8.42 Å². The van der Waals surface area contributed by atoms with E-state index in [0.29, 0.717) is 11.6 Å². The van der Waals surface area contributed by atoms with Gasteiger partial charge in [-0.15, -0.1) is 0 Å². The summed E-state index contributed by atoms with van der Waals surface area (Å²) in [5.41, 5.74) is 2.00. The summed E-state index contributed by atoms with van der Waals surface area (Å²) in [6, 6.07) is 11.0. The van der Waals surface area contributed by atoms with Crippen LogP contribution in [0.3, 0.4) is 0 Å². The highest BCUT2D eigenvalue weighted by atomic mass is 35.5. The minimum atomic E-state index is -3.76. The van der Waals surface area contributed by atoms with Gasteiger partial charge >= 0.3 is 0 Å². The molecule has 0 bridgehead atoms. The molecule has 2 aromatic rings. The molecule has 152 valence electrons. The predicted molar refractivity (Wildman–Crippen MR) is 117 cm³/mol. The number of hydrogen-bond donors (Lipinski definition) is 1. The smallest absolute Gasteiger partial charge is 0.248 e. The molecule has 0 radical (unpaired) electrons. The van der Waals surface area contributed by atoms with Crippen molar-refractivity contribution in [2.45, 2.75) is 39.2 Å². The van der Waals surface area contributed by atoms with Gasteiger partial charge in [0.15, 0.2) is 0 Å². The summed E-state index contributed by atoms with van der Waals surface area (Å²) in [6.07, 6.45) is 1.32. The molecule has 1 N–H and O–H groups in total. The summed E-state index contributed by atoms with van der Waals surface area (Å²) < 4.78 is 26.0. The highest BCUT2D eigenvalue weighted by molar-refractivity contribution is 7.92. The van der Waals surface area contributed by atoms with Crippen LogP contribution in [0.25, 0.3) is 0 Å². The van der Waals surface area contributed by atoms with Crippen molar-refractivity contribution < 1.29 is 13.2 Å². The Morgan fingerprint density at radius 3 is 2.04 bits per heavy atom. The Morgan fingerprint density at radius 2 is 1.61 bits per heavy atom. The number of rotatable bonds is 7. The number of anilines is 2. The zero-order chi connectivity index (χ0) is 21.1. The fourth-order valence-electron chi connectivity index (χ4n) is 2.90. The average molecular weight is 443 g/mol. The number of nitrogens with one attached hydrogen (secondary N) is 1. The van der Waals surface area contributed by atoms with Crippen molar-refractivity contribution >= 4 is 50.5 Å². The molecule has 28 heavy (non-hydrogen) atoms. The number of nitrogens with zero attached hydrogens (tertiary/aromatic N) is 1. The van der Waals surface area contributed by atoms with Gasteiger partial charge in [-0.2, -0.15) is 0 Å². The van der Waals surface area contributed by atoms with Crippen LogP contribution in [-0.4, -0.2) is 26.6 Å². The summed E-state index contributed by atoms with van der Waals surface area (Å²) in [6.45, 7) is 5.91. The van der Waals surface area contributed by atoms with Gasteiger partial charge in [0, 0.05) is 15.7 Å². The van der Waals surface area contributed by atoms with Crippen molar-refractivity contribution in [1.29, 1.82) is 0 Å². The molecule has 0 spiro atoms. The van der Waals surface area contributed by atoms with Crippen LogP contribution < -0.4 is 9.62 Å². The van der Waals surface area contributed by atoms with E-state index in [4.69, 9.17) is 23.2 Å². The third kappa shape index (κ3) is 5.63. The Hall–Kier alpha value is -1.76. The number of benzene rings is 2. The molecular formula is C20H24Cl2N2O3S. The molecule has 0 fully saturated rings. The van der Waals surface area contributed by atoms with Crippen molar-refractivity contribution in [1.82, 2.24) is 0 Å². The molecule has 0 heterocycles. The van der Waals surface area contributed by atoms with Crippen LogP contribution in [0.4, 0.5) is 11.4 Å². The Bertz CT molecular complexity index is 924. The highest BCUT2D eigenvalue weighted by Crippen LogP contribution is 2.30. The minimum absolute atomic E-state index is 0.247. The zero-order valence-electron chi connectivity index (χ0n) is 16.2. The minimum Gasteiger partial charge on any atom is -0.324 e. The topological polar surface area (TPSA) is 66.5 Å². The Morgan fingerprint density at radius 1 is 1.07 bits per heavy atom. The van der Waals surface area contributed by atoms with E-state index in [-0.39, 0.29) is 22.2 Å². The van der Waals surface area contributed by atoms with Crippen LogP contribution in [0, 0.1) is 0 Å². The van der Waals surface area contributed by atoms with E-state index in [1.807, 2.05) is 12.1 Å². The van der Waals surface area contributed by atoms with E-state index in [1.165, 1.54) is 18.2 Å². The summed E-state index contributed by atoms with van der Waals surface area (Å²) in [5, 5.41) is 3.37. The van der Waals surface area contributed by atoms with Gasteiger partial charge in [0.05, 0.1) is 11.9 Å². The van der Waals surface area contributed by atoms with E-state index in [1.54, 1.807) is 19.1 Å². The predicted octanol–water partition coefficient (Wildman–Crippen LogP) is 5.30. The SMILES string of the molecule is CCC(C(=O)Nc1ccc(C(C)C)cc1)N(c1cc(Cl)cc(Cl)c1)S(C)(=O)=O. The molecule has 2 rings (SSSR count). The normalized spacial score (nSPS) is 12.7. The Labute approximate surface area is 176 Å². The molecule has 1 atom stereocenters. The lowest BCUT2D eigenvalue weighted by atomic mass is 10.0. The average Bonchev–Trinajstić information content (AvgIpc) is 2.57. The number of hydrogen-bond acceptors (Lipinski definition) is 3. The van der Waals surface area contributed by atoms with Gasteiger partial charge in [0.25, 0.3) is 0 Å². The molecule has 8 heteroatoms. The number of carbonyl (C=O) groups is 1. The number of halogens is 2. The van der Waals surface area contributed by atoms with E-state index < -0.39 is 22.0 Å². The lowest BCUT2D eigenvalue weighted by molar-refractivity contribution is -0.117. The van der Waals surface area contributed by atoms with E-state index in [2.05, 4.69) is 19.2 Å². The van der Waals surface area contributed by atoms with Crippen LogP contribution in [-0.2, 0) is 14.8 Å². The van der Waals surface area contributed by atoms with E-state index in [9.17, 15) is 13.2 Å². The van der Waals surface area contributed by atoms with Crippen molar-refractivity contribution in [3.63, 3.8) is 0 Å². The Kier molecular flexibility index (Phi) is 7.37. The van der Waals surface area contributed by atoms with Gasteiger partial charge in [-0.3, -0.25) is 9.10 Å². The van der Waals surface area contributed by atoms with Crippen LogP contribution in [0.15, 0.2) is 42.5 Å². The fourth-order valence-corrected chi connectivity index (χ4v) is 4.61. The van der Waals surface area contributed by atoms with Crippen molar-refractivity contribution in [3.8, 4) is 0 Å². The van der Waals surface area contributed by atoms with Crippen molar-refractivity contribution in [2.24, 2.45) is 0 Å². The van der Waals surface area contributed by atoms with Crippen molar-refractivity contribution in [2.75, 3.05) is 15.9 Å². The molecular weight excluding hydrogens is 419 g/mol. The second-order valence-electron chi connectivity index (χ2n) is 6.88. The lowest BCUT2D eigenvalue weighted by Crippen LogP contribution is -2.47. The number of sulfonamides is 1. The first-order valence-corrected chi connectivity index (χ1v) is 11.5. The molecule has 0 saturated carbocycles. The molecule has 0 saturated heterocycles. The maximum absolute atomic E-state index is 12.9. The van der Waals surface area contributed by atoms with E-state index in [0.717, 1.165) is 16.1 Å². The van der Waals surface area contributed by atoms with Crippen molar-refractivity contribution in [3.05, 3.63) is 58.1 Å². The van der Waals surface area contributed by atoms with Crippen LogP contribution in [0.2, 0.25) is 10.0 Å². The second-order valence-corrected chi connectivity index (χ2v) is 9.61. The summed E-state index contributed by atoms with van der Waals surface area (Å²) in [5.74, 6) is -0.0530. The maximum Gasteiger partial charge on any atom is 0.248 e. The number of carbonyl (C=O) groups excluding carboxylic acids is 1. The van der Waals surface area contributed by atoms with E-state index >= 15 is 0 Å². The third-order valence-corrected chi connectivity index (χ3v) is 5.89. The monoisotopic (exact) mass is 442 g/mol. The Balaban J connectivity index is 2.36. The number of amides is 1. The summed E-state index contributed by atoms with van der Waals surface area (Å²) in [4.78, 5) is 12.9. The van der Waals surface area contributed by atoms with Crippen LogP contribution >= 0.6 is 23.2 Å². The lowest BCUT2D eigenvalue weighted by Gasteiger charge is -2.30. The summed E-state index contributed by atoms with van der Waals surface area (Å²) >= 11 is 12.1. The third-order valence-electron chi connectivity index (χ3n) is 4.28. The van der Waals surface area contributed by atoms with Crippen LogP contribution in [0.1, 0.15) is 38.7 Å². The van der Waals surface area contributed by atoms with Gasteiger partial charge in [-0.1, -0.05) is 56.1 Å². The maximum atomic E-state index is 12.9. The van der Waals surface area contributed by atoms with Gasteiger partial charge in [-0.05, 0) is 48.2 Å². The molecule has 2 aromatic carbocycles. The molecule has 5 nitrogen and oxygen atoms in total. The molecule has 1 amide bonds. The molecule has 0 aliphatic carbocycles. The quantitative estimate of drug-likeness (QED) is 0.632. The first kappa shape index (κ1) is 22.5. The van der Waals surface area contributed by atoms with Gasteiger partial charge < -0.3 is 5.32 Å². The first-order valence-electron chi connectivity index (χ1n) is 8.89. The van der Waals surface area contributed by atoms with Gasteiger partial charge in [0.2, 0.25) is 15.9 Å². The highest BCUT2D eigenvalue weighted by Gasteiger charge is 2.32. The second kappa shape index (κ2) is 9.16. The molecule has 1 unspecified atom stereocenters. The summed E-state index contributed by atoms with van der Waals surface area (Å²) in [7, 11) is -3.76. The molecule has 0 aromatic heterocycles.